The number of aromatic nitrogens is 1. The first-order chi connectivity index (χ1) is 9.19. The average molecular weight is 384 g/mol. The van der Waals surface area contributed by atoms with Gasteiger partial charge in [0, 0.05) is 21.7 Å². The number of hydrogen-bond donors (Lipinski definition) is 1. The van der Waals surface area contributed by atoms with Crippen molar-refractivity contribution in [1.82, 2.24) is 4.98 Å². The van der Waals surface area contributed by atoms with Gasteiger partial charge >= 0.3 is 0 Å². The van der Waals surface area contributed by atoms with Crippen molar-refractivity contribution in [1.29, 1.82) is 0 Å². The van der Waals surface area contributed by atoms with E-state index in [-0.39, 0.29) is 5.91 Å². The van der Waals surface area contributed by atoms with Crippen LogP contribution in [0.4, 0.5) is 5.69 Å². The van der Waals surface area contributed by atoms with Gasteiger partial charge in [-0.25, -0.2) is 4.98 Å². The molecular weight excluding hydrogens is 372 g/mol. The Labute approximate surface area is 128 Å². The van der Waals surface area contributed by atoms with Crippen LogP contribution in [0.15, 0.2) is 47.1 Å². The average Bonchev–Trinajstić information content (AvgIpc) is 2.42. The molecule has 0 aliphatic heterocycles. The number of rotatable bonds is 4. The topological polar surface area (TPSA) is 42.0 Å². The first-order valence-corrected chi connectivity index (χ1v) is 7.68. The second-order valence-electron chi connectivity index (χ2n) is 3.95. The van der Waals surface area contributed by atoms with E-state index in [0.717, 1.165) is 21.9 Å². The summed E-state index contributed by atoms with van der Waals surface area (Å²) < 4.78 is 0.850. The van der Waals surface area contributed by atoms with Crippen LogP contribution >= 0.6 is 31.9 Å². The molecule has 0 spiro atoms. The number of carbonyl (C=O) groups is 1. The monoisotopic (exact) mass is 382 g/mol. The van der Waals surface area contributed by atoms with Crippen molar-refractivity contribution in [3.63, 3.8) is 0 Å². The van der Waals surface area contributed by atoms with E-state index < -0.39 is 0 Å². The van der Waals surface area contributed by atoms with Crippen molar-refractivity contribution in [3.05, 3.63) is 58.3 Å². The molecule has 0 atom stereocenters. The van der Waals surface area contributed by atoms with E-state index in [1.165, 1.54) is 5.56 Å². The van der Waals surface area contributed by atoms with Gasteiger partial charge in [0.25, 0.3) is 5.91 Å². The molecule has 0 aliphatic rings. The minimum absolute atomic E-state index is 0.208. The highest BCUT2D eigenvalue weighted by molar-refractivity contribution is 9.10. The third kappa shape index (κ3) is 4.14. The maximum atomic E-state index is 11.9. The van der Waals surface area contributed by atoms with Crippen LogP contribution in [0.25, 0.3) is 0 Å². The molecule has 0 saturated heterocycles. The number of pyridine rings is 1. The van der Waals surface area contributed by atoms with Gasteiger partial charge in [-0.2, -0.15) is 0 Å². The van der Waals surface area contributed by atoms with Crippen molar-refractivity contribution in [2.24, 2.45) is 0 Å². The Bertz CT molecular complexity index is 553. The molecule has 98 valence electrons. The molecule has 2 rings (SSSR count). The number of carbonyl (C=O) groups excluding carboxylic acids is 1. The molecule has 1 N–H and O–H groups in total. The van der Waals surface area contributed by atoms with Crippen LogP contribution in [0.5, 0.6) is 0 Å². The zero-order valence-corrected chi connectivity index (χ0v) is 13.2. The third-order valence-electron chi connectivity index (χ3n) is 2.55. The van der Waals surface area contributed by atoms with Crippen LogP contribution < -0.4 is 5.32 Å². The van der Waals surface area contributed by atoms with Crippen molar-refractivity contribution < 1.29 is 4.79 Å². The Balaban J connectivity index is 2.04. The quantitative estimate of drug-likeness (QED) is 0.809. The molecule has 3 nitrogen and oxygen atoms in total. The Morgan fingerprint density at radius 3 is 2.47 bits per heavy atom. The van der Waals surface area contributed by atoms with Gasteiger partial charge in [-0.1, -0.05) is 28.1 Å². The van der Waals surface area contributed by atoms with Gasteiger partial charge in [0.05, 0.1) is 0 Å². The molecule has 0 radical (unpaired) electrons. The summed E-state index contributed by atoms with van der Waals surface area (Å²) >= 11 is 6.69. The first-order valence-electron chi connectivity index (χ1n) is 5.77. The summed E-state index contributed by atoms with van der Waals surface area (Å²) in [6.07, 6.45) is 2.58. The molecule has 1 amide bonds. The van der Waals surface area contributed by atoms with Gasteiger partial charge in [-0.05, 0) is 52.2 Å². The molecule has 0 fully saturated rings. The summed E-state index contributed by atoms with van der Waals surface area (Å²) in [5, 5.41) is 3.75. The predicted octanol–water partition coefficient (Wildman–Crippen LogP) is 4.03. The van der Waals surface area contributed by atoms with E-state index in [9.17, 15) is 4.79 Å². The number of anilines is 1. The fourth-order valence-electron chi connectivity index (χ4n) is 1.57. The van der Waals surface area contributed by atoms with E-state index in [1.807, 2.05) is 24.3 Å². The van der Waals surface area contributed by atoms with Gasteiger partial charge in [0.1, 0.15) is 5.69 Å². The summed E-state index contributed by atoms with van der Waals surface area (Å²) in [7, 11) is 0. The number of amides is 1. The normalized spacial score (nSPS) is 10.2. The number of benzene rings is 1. The lowest BCUT2D eigenvalue weighted by Gasteiger charge is -2.05. The maximum absolute atomic E-state index is 11.9. The zero-order chi connectivity index (χ0) is 13.7. The van der Waals surface area contributed by atoms with Gasteiger partial charge in [-0.15, -0.1) is 0 Å². The number of alkyl halides is 1. The van der Waals surface area contributed by atoms with Gasteiger partial charge in [0.15, 0.2) is 0 Å². The van der Waals surface area contributed by atoms with Crippen molar-refractivity contribution in [3.8, 4) is 0 Å². The molecule has 0 unspecified atom stereocenters. The minimum Gasteiger partial charge on any atom is -0.321 e. The van der Waals surface area contributed by atoms with Gasteiger partial charge < -0.3 is 5.32 Å². The summed E-state index contributed by atoms with van der Waals surface area (Å²) in [5.74, 6) is -0.208. The molecular formula is C14H12Br2N2O. The fourth-order valence-corrected chi connectivity index (χ4v) is 2.26. The van der Waals surface area contributed by atoms with Crippen LogP contribution in [0.3, 0.4) is 0 Å². The second kappa shape index (κ2) is 6.82. The minimum atomic E-state index is -0.208. The van der Waals surface area contributed by atoms with Crippen LogP contribution in [0.2, 0.25) is 0 Å². The van der Waals surface area contributed by atoms with E-state index in [1.54, 1.807) is 18.3 Å². The highest BCUT2D eigenvalue weighted by atomic mass is 79.9. The summed E-state index contributed by atoms with van der Waals surface area (Å²) in [4.78, 5) is 16.0. The molecule has 0 aliphatic carbocycles. The molecule has 19 heavy (non-hydrogen) atoms. The van der Waals surface area contributed by atoms with Crippen LogP contribution in [0, 0.1) is 0 Å². The molecule has 5 heteroatoms. The predicted molar refractivity (Wildman–Crippen MR) is 83.8 cm³/mol. The number of halogens is 2. The van der Waals surface area contributed by atoms with Crippen molar-refractivity contribution >= 4 is 43.5 Å². The number of nitrogens with one attached hydrogen (secondary N) is 1. The highest BCUT2D eigenvalue weighted by Crippen LogP contribution is 2.13. The van der Waals surface area contributed by atoms with Crippen LogP contribution in [-0.2, 0) is 6.42 Å². The smallest absolute Gasteiger partial charge is 0.274 e. The lowest BCUT2D eigenvalue weighted by atomic mass is 10.1. The molecule has 0 bridgehead atoms. The number of nitrogens with zero attached hydrogens (tertiary/aromatic N) is 1. The zero-order valence-electron chi connectivity index (χ0n) is 10.1. The number of hydrogen-bond acceptors (Lipinski definition) is 2. The van der Waals surface area contributed by atoms with E-state index in [2.05, 4.69) is 42.2 Å². The maximum Gasteiger partial charge on any atom is 0.274 e. The third-order valence-corrected chi connectivity index (χ3v) is 3.42. The molecule has 1 aromatic heterocycles. The van der Waals surface area contributed by atoms with Crippen molar-refractivity contribution in [2.75, 3.05) is 10.6 Å². The Kier molecular flexibility index (Phi) is 5.10. The summed E-state index contributed by atoms with van der Waals surface area (Å²) in [6, 6.07) is 11.3. The largest absolute Gasteiger partial charge is 0.321 e. The van der Waals surface area contributed by atoms with E-state index in [4.69, 9.17) is 0 Å². The molecule has 1 aromatic carbocycles. The lowest BCUT2D eigenvalue weighted by molar-refractivity contribution is 0.102. The standard InChI is InChI=1S/C14H12Br2N2O/c15-8-7-10-1-4-12(5-2-10)18-14(19)13-6-3-11(16)9-17-13/h1-6,9H,7-8H2,(H,18,19). The van der Waals surface area contributed by atoms with Crippen LogP contribution in [-0.4, -0.2) is 16.2 Å². The van der Waals surface area contributed by atoms with E-state index >= 15 is 0 Å². The lowest BCUT2D eigenvalue weighted by Crippen LogP contribution is -2.13. The number of aryl methyl sites for hydroxylation is 1. The summed E-state index contributed by atoms with van der Waals surface area (Å²) in [5.41, 5.74) is 2.40. The first kappa shape index (κ1) is 14.2. The van der Waals surface area contributed by atoms with E-state index in [0.29, 0.717) is 5.69 Å². The molecule has 2 aromatic rings. The van der Waals surface area contributed by atoms with Crippen LogP contribution in [0.1, 0.15) is 16.1 Å². The van der Waals surface area contributed by atoms with Crippen molar-refractivity contribution in [2.45, 2.75) is 6.42 Å². The second-order valence-corrected chi connectivity index (χ2v) is 5.66. The Morgan fingerprint density at radius 1 is 1.16 bits per heavy atom. The SMILES string of the molecule is O=C(Nc1ccc(CCBr)cc1)c1ccc(Br)cn1. The highest BCUT2D eigenvalue weighted by Gasteiger charge is 2.07. The summed E-state index contributed by atoms with van der Waals surface area (Å²) in [6.45, 7) is 0. The molecule has 0 saturated carbocycles. The fraction of sp³-hybridized carbons (Fsp3) is 0.143. The van der Waals surface area contributed by atoms with Gasteiger partial charge in [-0.3, -0.25) is 4.79 Å². The molecule has 1 heterocycles. The van der Waals surface area contributed by atoms with Gasteiger partial charge in [0.2, 0.25) is 0 Å². The Hall–Kier alpha value is -1.20. The Morgan fingerprint density at radius 2 is 1.89 bits per heavy atom.